The summed E-state index contributed by atoms with van der Waals surface area (Å²) in [4.78, 5) is 10.4. The summed E-state index contributed by atoms with van der Waals surface area (Å²) < 4.78 is 4.34. The molecule has 1 aliphatic rings. The number of methoxy groups -OCH3 is 1. The number of hydrogen-bond donors (Lipinski definition) is 1. The predicted octanol–water partition coefficient (Wildman–Crippen LogP) is -0.618. The van der Waals surface area contributed by atoms with Gasteiger partial charge in [-0.1, -0.05) is 5.92 Å². The molecule has 0 radical (unpaired) electrons. The molecule has 1 rings (SSSR count). The maximum atomic E-state index is 10.4. The highest BCUT2D eigenvalue weighted by atomic mass is 16.5. The average Bonchev–Trinajstić information content (AvgIpc) is 1.84. The first kappa shape index (κ1) is 7.10. The maximum Gasteiger partial charge on any atom is 0.384 e. The summed E-state index contributed by atoms with van der Waals surface area (Å²) in [5.74, 6) is 5.06. The van der Waals surface area contributed by atoms with Crippen LogP contribution in [-0.2, 0) is 9.53 Å². The molecule has 0 atom stereocenters. The van der Waals surface area contributed by atoms with Gasteiger partial charge in [-0.2, -0.15) is 0 Å². The van der Waals surface area contributed by atoms with E-state index in [2.05, 4.69) is 21.9 Å². The Hall–Kier alpha value is -1.01. The Morgan fingerprint density at radius 1 is 1.70 bits per heavy atom. The molecule has 1 N–H and O–H groups in total. The second-order valence-corrected chi connectivity index (χ2v) is 2.12. The van der Waals surface area contributed by atoms with E-state index in [1.165, 1.54) is 7.11 Å². The van der Waals surface area contributed by atoms with E-state index in [1.807, 2.05) is 0 Å². The number of carbonyl (C=O) groups excluding carboxylic acids is 1. The molecule has 3 heteroatoms. The number of esters is 1. The Balaban J connectivity index is 2.29. The second-order valence-electron chi connectivity index (χ2n) is 2.12. The standard InChI is InChI=1S/C7H9NO2/c1-10-7(9)3-2-6-4-8-5-6/h6,8H,4-5H2,1H3. The topological polar surface area (TPSA) is 38.3 Å². The van der Waals surface area contributed by atoms with E-state index >= 15 is 0 Å². The fourth-order valence-electron chi connectivity index (χ4n) is 0.603. The lowest BCUT2D eigenvalue weighted by Crippen LogP contribution is -2.41. The van der Waals surface area contributed by atoms with Crippen LogP contribution in [0.15, 0.2) is 0 Å². The second kappa shape index (κ2) is 3.23. The minimum atomic E-state index is -0.452. The Morgan fingerprint density at radius 2 is 2.40 bits per heavy atom. The third-order valence-corrected chi connectivity index (χ3v) is 1.35. The van der Waals surface area contributed by atoms with Crippen molar-refractivity contribution in [2.45, 2.75) is 0 Å². The normalized spacial score (nSPS) is 16.5. The van der Waals surface area contributed by atoms with Gasteiger partial charge >= 0.3 is 5.97 Å². The molecule has 0 aromatic carbocycles. The van der Waals surface area contributed by atoms with Gasteiger partial charge in [-0.05, 0) is 0 Å². The predicted molar refractivity (Wildman–Crippen MR) is 36.2 cm³/mol. The highest BCUT2D eigenvalue weighted by Gasteiger charge is 2.12. The van der Waals surface area contributed by atoms with Crippen molar-refractivity contribution in [3.05, 3.63) is 0 Å². The van der Waals surface area contributed by atoms with E-state index in [0.717, 1.165) is 13.1 Å². The molecule has 1 aliphatic heterocycles. The Bertz CT molecular complexity index is 186. The molecular formula is C7H9NO2. The summed E-state index contributed by atoms with van der Waals surface area (Å²) >= 11 is 0. The highest BCUT2D eigenvalue weighted by molar-refractivity contribution is 5.88. The van der Waals surface area contributed by atoms with Crippen LogP contribution in [0.4, 0.5) is 0 Å². The molecule has 0 spiro atoms. The molecule has 3 nitrogen and oxygen atoms in total. The van der Waals surface area contributed by atoms with Crippen LogP contribution >= 0.6 is 0 Å². The lowest BCUT2D eigenvalue weighted by atomic mass is 10.1. The summed E-state index contributed by atoms with van der Waals surface area (Å²) in [5.41, 5.74) is 0. The van der Waals surface area contributed by atoms with Crippen molar-refractivity contribution in [3.63, 3.8) is 0 Å². The minimum Gasteiger partial charge on any atom is -0.459 e. The molecule has 54 valence electrons. The van der Waals surface area contributed by atoms with Crippen molar-refractivity contribution < 1.29 is 9.53 Å². The van der Waals surface area contributed by atoms with Gasteiger partial charge in [0.05, 0.1) is 7.11 Å². The average molecular weight is 139 g/mol. The van der Waals surface area contributed by atoms with Crippen molar-refractivity contribution in [2.75, 3.05) is 20.2 Å². The van der Waals surface area contributed by atoms with E-state index in [0.29, 0.717) is 5.92 Å². The molecule has 1 saturated heterocycles. The largest absolute Gasteiger partial charge is 0.459 e. The molecule has 0 amide bonds. The molecule has 10 heavy (non-hydrogen) atoms. The van der Waals surface area contributed by atoms with Crippen LogP contribution in [-0.4, -0.2) is 26.2 Å². The van der Waals surface area contributed by atoms with Gasteiger partial charge in [0.15, 0.2) is 0 Å². The van der Waals surface area contributed by atoms with Crippen LogP contribution in [0.2, 0.25) is 0 Å². The molecule has 0 saturated carbocycles. The Kier molecular flexibility index (Phi) is 2.30. The summed E-state index contributed by atoms with van der Waals surface area (Å²) in [6.45, 7) is 1.79. The first-order valence-electron chi connectivity index (χ1n) is 3.13. The minimum absolute atomic E-state index is 0.346. The number of nitrogens with one attached hydrogen (secondary N) is 1. The van der Waals surface area contributed by atoms with E-state index in [4.69, 9.17) is 0 Å². The zero-order chi connectivity index (χ0) is 7.40. The maximum absolute atomic E-state index is 10.4. The van der Waals surface area contributed by atoms with Crippen LogP contribution in [0.5, 0.6) is 0 Å². The van der Waals surface area contributed by atoms with Crippen LogP contribution in [0.25, 0.3) is 0 Å². The summed E-state index contributed by atoms with van der Waals surface area (Å²) in [5, 5.41) is 3.05. The van der Waals surface area contributed by atoms with Gasteiger partial charge in [0.2, 0.25) is 0 Å². The summed E-state index contributed by atoms with van der Waals surface area (Å²) in [7, 11) is 1.33. The van der Waals surface area contributed by atoms with Crippen LogP contribution in [0.1, 0.15) is 0 Å². The van der Waals surface area contributed by atoms with Gasteiger partial charge in [0, 0.05) is 24.9 Å². The van der Waals surface area contributed by atoms with Gasteiger partial charge in [0.1, 0.15) is 0 Å². The van der Waals surface area contributed by atoms with Crippen LogP contribution in [0, 0.1) is 17.8 Å². The lowest BCUT2D eigenvalue weighted by Gasteiger charge is -2.20. The number of hydrogen-bond acceptors (Lipinski definition) is 3. The van der Waals surface area contributed by atoms with Gasteiger partial charge in [0.25, 0.3) is 0 Å². The van der Waals surface area contributed by atoms with E-state index in [-0.39, 0.29) is 0 Å². The first-order valence-corrected chi connectivity index (χ1v) is 3.13. The van der Waals surface area contributed by atoms with E-state index in [9.17, 15) is 4.79 Å². The van der Waals surface area contributed by atoms with Gasteiger partial charge in [-0.25, -0.2) is 4.79 Å². The molecule has 1 heterocycles. The Labute approximate surface area is 59.7 Å². The number of carbonyl (C=O) groups is 1. The van der Waals surface area contributed by atoms with Gasteiger partial charge in [-0.15, -0.1) is 0 Å². The van der Waals surface area contributed by atoms with Crippen molar-refractivity contribution >= 4 is 5.97 Å². The van der Waals surface area contributed by atoms with Crippen molar-refractivity contribution in [1.29, 1.82) is 0 Å². The molecule has 0 aliphatic carbocycles. The zero-order valence-electron chi connectivity index (χ0n) is 5.81. The monoisotopic (exact) mass is 139 g/mol. The van der Waals surface area contributed by atoms with E-state index < -0.39 is 5.97 Å². The molecular weight excluding hydrogens is 130 g/mol. The molecule has 0 bridgehead atoms. The highest BCUT2D eigenvalue weighted by Crippen LogP contribution is 1.98. The van der Waals surface area contributed by atoms with Gasteiger partial charge in [-0.3, -0.25) is 0 Å². The SMILES string of the molecule is COC(=O)C#CC1CNC1. The van der Waals surface area contributed by atoms with Crippen LogP contribution in [0.3, 0.4) is 0 Å². The number of rotatable bonds is 0. The molecule has 0 aromatic rings. The summed E-state index contributed by atoms with van der Waals surface area (Å²) in [6.07, 6.45) is 0. The first-order chi connectivity index (χ1) is 4.83. The van der Waals surface area contributed by atoms with Crippen molar-refractivity contribution in [2.24, 2.45) is 5.92 Å². The zero-order valence-corrected chi connectivity index (χ0v) is 5.81. The smallest absolute Gasteiger partial charge is 0.384 e. The quantitative estimate of drug-likeness (QED) is 0.276. The molecule has 0 aromatic heterocycles. The third-order valence-electron chi connectivity index (χ3n) is 1.35. The summed E-state index contributed by atoms with van der Waals surface area (Å²) in [6, 6.07) is 0. The Morgan fingerprint density at radius 3 is 2.80 bits per heavy atom. The fourth-order valence-corrected chi connectivity index (χ4v) is 0.603. The van der Waals surface area contributed by atoms with Crippen molar-refractivity contribution in [3.8, 4) is 11.8 Å². The third kappa shape index (κ3) is 1.74. The fraction of sp³-hybridized carbons (Fsp3) is 0.571. The number of ether oxygens (including phenoxy) is 1. The molecule has 0 unspecified atom stereocenters. The van der Waals surface area contributed by atoms with Gasteiger partial charge < -0.3 is 10.1 Å². The van der Waals surface area contributed by atoms with Crippen molar-refractivity contribution in [1.82, 2.24) is 5.32 Å². The lowest BCUT2D eigenvalue weighted by molar-refractivity contribution is -0.133. The van der Waals surface area contributed by atoms with Crippen LogP contribution < -0.4 is 5.32 Å². The van der Waals surface area contributed by atoms with E-state index in [1.54, 1.807) is 0 Å². The molecule has 1 fully saturated rings.